The molecular formula is C26H27N3O3. The third-order valence-electron chi connectivity index (χ3n) is 5.56. The summed E-state index contributed by atoms with van der Waals surface area (Å²) in [6.45, 7) is 4.88. The predicted molar refractivity (Wildman–Crippen MR) is 124 cm³/mol. The van der Waals surface area contributed by atoms with Crippen molar-refractivity contribution in [2.75, 3.05) is 19.0 Å². The van der Waals surface area contributed by atoms with Crippen LogP contribution in [0.5, 0.6) is 0 Å². The van der Waals surface area contributed by atoms with Crippen LogP contribution in [0.25, 0.3) is 11.3 Å². The van der Waals surface area contributed by atoms with Gasteiger partial charge in [-0.05, 0) is 60.9 Å². The van der Waals surface area contributed by atoms with Crippen LogP contribution in [0.4, 0.5) is 5.69 Å². The van der Waals surface area contributed by atoms with E-state index in [1.165, 1.54) is 5.56 Å². The van der Waals surface area contributed by atoms with Crippen molar-refractivity contribution in [3.05, 3.63) is 95.1 Å². The van der Waals surface area contributed by atoms with Gasteiger partial charge in [-0.2, -0.15) is 0 Å². The van der Waals surface area contributed by atoms with Crippen LogP contribution in [-0.4, -0.2) is 30.1 Å². The van der Waals surface area contributed by atoms with Crippen LogP contribution in [-0.2, 0) is 13.1 Å². The standard InChI is InChI=1S/C26H27N3O3/c1-18-7-10-21(14-19(18)2)25-15-24(27-32-25)26(30)29(17-23-6-5-13-31-23)16-20-8-11-22(12-9-20)28(3)4/h5-15H,16-17H2,1-4H3. The van der Waals surface area contributed by atoms with E-state index < -0.39 is 0 Å². The number of hydrogen-bond acceptors (Lipinski definition) is 5. The highest BCUT2D eigenvalue weighted by atomic mass is 16.5. The maximum absolute atomic E-state index is 13.4. The molecule has 0 aliphatic heterocycles. The van der Waals surface area contributed by atoms with Gasteiger partial charge in [0.2, 0.25) is 0 Å². The molecule has 0 N–H and O–H groups in total. The first-order valence-electron chi connectivity index (χ1n) is 10.5. The summed E-state index contributed by atoms with van der Waals surface area (Å²) in [5.41, 5.74) is 5.66. The Morgan fingerprint density at radius 3 is 2.38 bits per heavy atom. The minimum Gasteiger partial charge on any atom is -0.467 e. The molecule has 0 unspecified atom stereocenters. The number of aryl methyl sites for hydroxylation is 2. The monoisotopic (exact) mass is 429 g/mol. The Balaban J connectivity index is 1.58. The van der Waals surface area contributed by atoms with Crippen LogP contribution in [0, 0.1) is 13.8 Å². The minimum atomic E-state index is -0.211. The zero-order chi connectivity index (χ0) is 22.7. The van der Waals surface area contributed by atoms with Crippen molar-refractivity contribution in [3.8, 4) is 11.3 Å². The molecule has 0 bridgehead atoms. The van der Waals surface area contributed by atoms with Gasteiger partial charge in [0, 0.05) is 38.0 Å². The van der Waals surface area contributed by atoms with Crippen LogP contribution in [0.3, 0.4) is 0 Å². The Labute approximate surface area is 188 Å². The van der Waals surface area contributed by atoms with E-state index in [0.29, 0.717) is 24.6 Å². The van der Waals surface area contributed by atoms with E-state index in [1.807, 2.05) is 80.5 Å². The third kappa shape index (κ3) is 4.75. The van der Waals surface area contributed by atoms with Gasteiger partial charge in [0.1, 0.15) is 5.76 Å². The van der Waals surface area contributed by atoms with E-state index in [-0.39, 0.29) is 11.6 Å². The second kappa shape index (κ2) is 9.14. The van der Waals surface area contributed by atoms with Gasteiger partial charge in [0.05, 0.1) is 12.8 Å². The van der Waals surface area contributed by atoms with Gasteiger partial charge in [-0.3, -0.25) is 4.79 Å². The van der Waals surface area contributed by atoms with Crippen molar-refractivity contribution in [3.63, 3.8) is 0 Å². The zero-order valence-electron chi connectivity index (χ0n) is 18.8. The zero-order valence-corrected chi connectivity index (χ0v) is 18.8. The highest BCUT2D eigenvalue weighted by Gasteiger charge is 2.22. The lowest BCUT2D eigenvalue weighted by Crippen LogP contribution is -2.30. The fourth-order valence-corrected chi connectivity index (χ4v) is 3.48. The smallest absolute Gasteiger partial charge is 0.276 e. The van der Waals surface area contributed by atoms with Gasteiger partial charge in [0.15, 0.2) is 11.5 Å². The summed E-state index contributed by atoms with van der Waals surface area (Å²) in [5.74, 6) is 1.07. The average Bonchev–Trinajstić information content (AvgIpc) is 3.47. The predicted octanol–water partition coefficient (Wildman–Crippen LogP) is 5.46. The van der Waals surface area contributed by atoms with Crippen LogP contribution in [0.1, 0.15) is 32.9 Å². The summed E-state index contributed by atoms with van der Waals surface area (Å²) >= 11 is 0. The molecule has 164 valence electrons. The molecule has 0 atom stereocenters. The second-order valence-electron chi connectivity index (χ2n) is 8.18. The number of anilines is 1. The van der Waals surface area contributed by atoms with Crippen LogP contribution >= 0.6 is 0 Å². The van der Waals surface area contributed by atoms with Gasteiger partial charge in [0.25, 0.3) is 5.91 Å². The Hall–Kier alpha value is -3.80. The van der Waals surface area contributed by atoms with E-state index in [1.54, 1.807) is 17.2 Å². The molecule has 4 rings (SSSR count). The van der Waals surface area contributed by atoms with Gasteiger partial charge in [-0.25, -0.2) is 0 Å². The molecule has 2 aromatic heterocycles. The van der Waals surface area contributed by atoms with Crippen LogP contribution in [0.15, 0.2) is 75.9 Å². The van der Waals surface area contributed by atoms with Crippen molar-refractivity contribution in [2.24, 2.45) is 0 Å². The Morgan fingerprint density at radius 2 is 1.72 bits per heavy atom. The van der Waals surface area contributed by atoms with E-state index in [2.05, 4.69) is 12.1 Å². The number of carbonyl (C=O) groups excluding carboxylic acids is 1. The van der Waals surface area contributed by atoms with Crippen molar-refractivity contribution in [1.29, 1.82) is 0 Å². The summed E-state index contributed by atoms with van der Waals surface area (Å²) in [6.07, 6.45) is 1.61. The normalized spacial score (nSPS) is 10.9. The lowest BCUT2D eigenvalue weighted by Gasteiger charge is -2.21. The first kappa shape index (κ1) is 21.4. The molecule has 4 aromatic rings. The second-order valence-corrected chi connectivity index (χ2v) is 8.18. The number of hydrogen-bond donors (Lipinski definition) is 0. The maximum Gasteiger partial charge on any atom is 0.276 e. The molecule has 1 amide bonds. The summed E-state index contributed by atoms with van der Waals surface area (Å²) in [4.78, 5) is 17.1. The summed E-state index contributed by atoms with van der Waals surface area (Å²) in [5, 5.41) is 4.07. The van der Waals surface area contributed by atoms with E-state index in [4.69, 9.17) is 8.94 Å². The molecule has 2 heterocycles. The van der Waals surface area contributed by atoms with E-state index >= 15 is 0 Å². The highest BCUT2D eigenvalue weighted by Crippen LogP contribution is 2.24. The fraction of sp³-hybridized carbons (Fsp3) is 0.231. The molecular weight excluding hydrogens is 402 g/mol. The molecule has 32 heavy (non-hydrogen) atoms. The fourth-order valence-electron chi connectivity index (χ4n) is 3.48. The maximum atomic E-state index is 13.4. The van der Waals surface area contributed by atoms with Crippen LogP contribution < -0.4 is 4.90 Å². The molecule has 2 aromatic carbocycles. The molecule has 0 aliphatic rings. The summed E-state index contributed by atoms with van der Waals surface area (Å²) in [6, 6.07) is 19.6. The average molecular weight is 430 g/mol. The Morgan fingerprint density at radius 1 is 0.938 bits per heavy atom. The van der Waals surface area contributed by atoms with Crippen molar-refractivity contribution >= 4 is 11.6 Å². The number of nitrogens with zero attached hydrogens (tertiary/aromatic N) is 3. The topological polar surface area (TPSA) is 62.7 Å². The summed E-state index contributed by atoms with van der Waals surface area (Å²) < 4.78 is 11.0. The first-order valence-corrected chi connectivity index (χ1v) is 10.5. The Bertz CT molecular complexity index is 1190. The molecule has 0 radical (unpaired) electrons. The number of rotatable bonds is 7. The van der Waals surface area contributed by atoms with Gasteiger partial charge < -0.3 is 18.7 Å². The van der Waals surface area contributed by atoms with Crippen LogP contribution in [0.2, 0.25) is 0 Å². The van der Waals surface area contributed by atoms with Gasteiger partial charge in [-0.1, -0.05) is 29.4 Å². The molecule has 0 aliphatic carbocycles. The summed E-state index contributed by atoms with van der Waals surface area (Å²) in [7, 11) is 4.00. The van der Waals surface area contributed by atoms with Gasteiger partial charge in [-0.15, -0.1) is 0 Å². The lowest BCUT2D eigenvalue weighted by molar-refractivity contribution is 0.0707. The number of furan rings is 1. The minimum absolute atomic E-state index is 0.211. The molecule has 6 nitrogen and oxygen atoms in total. The molecule has 6 heteroatoms. The lowest BCUT2D eigenvalue weighted by atomic mass is 10.0. The van der Waals surface area contributed by atoms with Gasteiger partial charge >= 0.3 is 0 Å². The molecule has 0 spiro atoms. The number of benzene rings is 2. The van der Waals surface area contributed by atoms with Crippen molar-refractivity contribution < 1.29 is 13.7 Å². The molecule has 0 saturated heterocycles. The first-order chi connectivity index (χ1) is 15.4. The number of carbonyl (C=O) groups is 1. The molecule has 0 saturated carbocycles. The Kier molecular flexibility index (Phi) is 6.12. The number of amides is 1. The van der Waals surface area contributed by atoms with E-state index in [9.17, 15) is 4.79 Å². The third-order valence-corrected chi connectivity index (χ3v) is 5.56. The highest BCUT2D eigenvalue weighted by molar-refractivity contribution is 5.93. The quantitative estimate of drug-likeness (QED) is 0.390. The SMILES string of the molecule is Cc1ccc(-c2cc(C(=O)N(Cc3ccc(N(C)C)cc3)Cc3ccco3)no2)cc1C. The van der Waals surface area contributed by atoms with Crippen molar-refractivity contribution in [2.45, 2.75) is 26.9 Å². The van der Waals surface area contributed by atoms with E-state index in [0.717, 1.165) is 22.4 Å². The molecule has 0 fully saturated rings. The number of aromatic nitrogens is 1. The van der Waals surface area contributed by atoms with Crippen molar-refractivity contribution in [1.82, 2.24) is 10.1 Å². The largest absolute Gasteiger partial charge is 0.467 e.